The predicted octanol–water partition coefficient (Wildman–Crippen LogP) is 4.00. The number of para-hydroxylation sites is 1. The zero-order chi connectivity index (χ0) is 20.4. The first-order valence-electron chi connectivity index (χ1n) is 8.72. The van der Waals surface area contributed by atoms with Gasteiger partial charge in [-0.25, -0.2) is 4.39 Å². The molecular formula is C21H17FO6S. The molecular weight excluding hydrogens is 399 g/mol. The fourth-order valence-corrected chi connectivity index (χ4v) is 3.93. The summed E-state index contributed by atoms with van der Waals surface area (Å²) in [4.78, 5) is 0.0243. The molecule has 0 bridgehead atoms. The van der Waals surface area contributed by atoms with Crippen molar-refractivity contribution >= 4 is 10.1 Å². The molecule has 1 unspecified atom stereocenters. The van der Waals surface area contributed by atoms with Gasteiger partial charge in [0.15, 0.2) is 11.5 Å². The first kappa shape index (κ1) is 19.2. The highest BCUT2D eigenvalue weighted by atomic mass is 32.2. The van der Waals surface area contributed by atoms with Gasteiger partial charge in [-0.3, -0.25) is 4.18 Å². The van der Waals surface area contributed by atoms with E-state index in [9.17, 15) is 12.8 Å². The summed E-state index contributed by atoms with van der Waals surface area (Å²) in [6, 6.07) is 17.3. The van der Waals surface area contributed by atoms with Crippen molar-refractivity contribution in [2.75, 3.05) is 13.7 Å². The number of fused-ring (bicyclic) bond motifs is 1. The summed E-state index contributed by atoms with van der Waals surface area (Å²) in [5, 5.41) is 0. The van der Waals surface area contributed by atoms with Crippen LogP contribution < -0.4 is 14.2 Å². The number of benzene rings is 3. The van der Waals surface area contributed by atoms with Crippen molar-refractivity contribution in [2.24, 2.45) is 0 Å². The number of ether oxygens (including phenoxy) is 3. The van der Waals surface area contributed by atoms with Crippen LogP contribution >= 0.6 is 0 Å². The van der Waals surface area contributed by atoms with E-state index in [1.165, 1.54) is 31.4 Å². The first-order valence-corrected chi connectivity index (χ1v) is 10.1. The van der Waals surface area contributed by atoms with E-state index in [0.29, 0.717) is 22.6 Å². The van der Waals surface area contributed by atoms with Gasteiger partial charge >= 0.3 is 0 Å². The summed E-state index contributed by atoms with van der Waals surface area (Å²) in [7, 11) is -2.46. The molecule has 6 nitrogen and oxygen atoms in total. The normalized spacial score (nSPS) is 15.3. The Labute approximate surface area is 167 Å². The second-order valence-corrected chi connectivity index (χ2v) is 7.81. The molecule has 0 saturated carbocycles. The molecule has 1 aliphatic heterocycles. The van der Waals surface area contributed by atoms with Gasteiger partial charge in [-0.15, -0.1) is 0 Å². The van der Waals surface area contributed by atoms with Crippen LogP contribution in [0, 0.1) is 5.82 Å². The van der Waals surface area contributed by atoms with E-state index >= 15 is 0 Å². The van der Waals surface area contributed by atoms with Crippen LogP contribution in [0.4, 0.5) is 4.39 Å². The molecule has 1 atom stereocenters. The molecule has 0 amide bonds. The van der Waals surface area contributed by atoms with Gasteiger partial charge < -0.3 is 14.2 Å². The maximum atomic E-state index is 14.2. The van der Waals surface area contributed by atoms with Crippen LogP contribution in [0.5, 0.6) is 17.2 Å². The minimum absolute atomic E-state index is 0.0243. The fourth-order valence-electron chi connectivity index (χ4n) is 3.01. The fraction of sp³-hybridized carbons (Fsp3) is 0.143. The average molecular weight is 416 g/mol. The van der Waals surface area contributed by atoms with Gasteiger partial charge in [0.1, 0.15) is 18.2 Å². The third kappa shape index (κ3) is 3.90. The van der Waals surface area contributed by atoms with Gasteiger partial charge in [0.2, 0.25) is 0 Å². The molecule has 8 heteroatoms. The molecule has 0 aliphatic carbocycles. The Morgan fingerprint density at radius 2 is 1.69 bits per heavy atom. The summed E-state index contributed by atoms with van der Waals surface area (Å²) in [6.45, 7) is -0.390. The molecule has 3 aromatic carbocycles. The Kier molecular flexibility index (Phi) is 5.12. The van der Waals surface area contributed by atoms with Crippen LogP contribution in [0.3, 0.4) is 0 Å². The van der Waals surface area contributed by atoms with E-state index < -0.39 is 22.2 Å². The second-order valence-electron chi connectivity index (χ2n) is 6.20. The second kappa shape index (κ2) is 7.73. The number of methoxy groups -OCH3 is 1. The molecule has 0 N–H and O–H groups in total. The van der Waals surface area contributed by atoms with Gasteiger partial charge in [0.25, 0.3) is 16.4 Å². The molecule has 29 heavy (non-hydrogen) atoms. The maximum absolute atomic E-state index is 14.2. The van der Waals surface area contributed by atoms with Gasteiger partial charge in [0.05, 0.1) is 12.0 Å². The highest BCUT2D eigenvalue weighted by Gasteiger charge is 2.31. The third-order valence-electron chi connectivity index (χ3n) is 4.32. The van der Waals surface area contributed by atoms with Crippen molar-refractivity contribution in [3.63, 3.8) is 0 Å². The number of halogens is 1. The number of rotatable bonds is 6. The molecule has 0 saturated heterocycles. The smallest absolute Gasteiger partial charge is 0.297 e. The van der Waals surface area contributed by atoms with Crippen molar-refractivity contribution in [3.05, 3.63) is 72.5 Å². The van der Waals surface area contributed by atoms with E-state index in [4.69, 9.17) is 18.4 Å². The van der Waals surface area contributed by atoms with E-state index in [-0.39, 0.29) is 17.3 Å². The van der Waals surface area contributed by atoms with Crippen molar-refractivity contribution in [1.82, 2.24) is 0 Å². The van der Waals surface area contributed by atoms with Crippen molar-refractivity contribution < 1.29 is 31.2 Å². The van der Waals surface area contributed by atoms with Crippen LogP contribution in [-0.2, 0) is 14.3 Å². The molecule has 4 rings (SSSR count). The van der Waals surface area contributed by atoms with Gasteiger partial charge in [0, 0.05) is 17.2 Å². The highest BCUT2D eigenvalue weighted by molar-refractivity contribution is 7.86. The Hall–Kier alpha value is -3.10. The lowest BCUT2D eigenvalue weighted by molar-refractivity contribution is 0.00987. The molecule has 0 aromatic heterocycles. The van der Waals surface area contributed by atoms with Gasteiger partial charge in [-0.05, 0) is 24.3 Å². The topological polar surface area (TPSA) is 71.1 Å². The maximum Gasteiger partial charge on any atom is 0.297 e. The third-order valence-corrected chi connectivity index (χ3v) is 5.61. The zero-order valence-electron chi connectivity index (χ0n) is 15.4. The molecule has 3 aromatic rings. The van der Waals surface area contributed by atoms with Crippen molar-refractivity contribution in [1.29, 1.82) is 0 Å². The summed E-state index contributed by atoms with van der Waals surface area (Å²) in [5.74, 6) is 0.472. The molecule has 1 heterocycles. The molecule has 150 valence electrons. The van der Waals surface area contributed by atoms with E-state index in [1.807, 2.05) is 0 Å². The lowest BCUT2D eigenvalue weighted by Crippen LogP contribution is -2.26. The molecule has 1 aliphatic rings. The largest absolute Gasteiger partial charge is 0.496 e. The van der Waals surface area contributed by atoms with E-state index in [1.54, 1.807) is 42.5 Å². The van der Waals surface area contributed by atoms with Crippen molar-refractivity contribution in [2.45, 2.75) is 11.2 Å². The molecule has 0 fully saturated rings. The van der Waals surface area contributed by atoms with Crippen LogP contribution in [0.25, 0.3) is 11.1 Å². The zero-order valence-corrected chi connectivity index (χ0v) is 16.2. The first-order chi connectivity index (χ1) is 14.0. The minimum Gasteiger partial charge on any atom is -0.496 e. The summed E-state index contributed by atoms with van der Waals surface area (Å²) in [6.07, 6.45) is -1.04. The minimum atomic E-state index is -3.97. The Morgan fingerprint density at radius 3 is 2.45 bits per heavy atom. The standard InChI is InChI=1S/C21H17FO6S/c1-25-18-10-6-5-9-16(18)17-11-14(22)12-19-21(17)28-20(27-19)13-26-29(23,24)15-7-3-2-4-8-15/h2-12,20H,13H2,1H3. The Balaban J connectivity index is 1.57. The van der Waals surface area contributed by atoms with Gasteiger partial charge in [-0.1, -0.05) is 36.4 Å². The summed E-state index contributed by atoms with van der Waals surface area (Å²) < 4.78 is 60.4. The van der Waals surface area contributed by atoms with Crippen LogP contribution in [-0.4, -0.2) is 28.4 Å². The van der Waals surface area contributed by atoms with Crippen LogP contribution in [0.15, 0.2) is 71.6 Å². The number of hydrogen-bond donors (Lipinski definition) is 0. The number of hydrogen-bond acceptors (Lipinski definition) is 6. The Morgan fingerprint density at radius 1 is 0.966 bits per heavy atom. The van der Waals surface area contributed by atoms with Crippen LogP contribution in [0.1, 0.15) is 0 Å². The molecule has 0 spiro atoms. The summed E-state index contributed by atoms with van der Waals surface area (Å²) in [5.41, 5.74) is 1.05. The van der Waals surface area contributed by atoms with Gasteiger partial charge in [-0.2, -0.15) is 8.42 Å². The SMILES string of the molecule is COc1ccccc1-c1cc(F)cc2c1OC(COS(=O)(=O)c1ccccc1)O2. The average Bonchev–Trinajstić information content (AvgIpc) is 3.15. The lowest BCUT2D eigenvalue weighted by Gasteiger charge is -2.12. The van der Waals surface area contributed by atoms with E-state index in [2.05, 4.69) is 0 Å². The quantitative estimate of drug-likeness (QED) is 0.566. The monoisotopic (exact) mass is 416 g/mol. The van der Waals surface area contributed by atoms with Crippen LogP contribution in [0.2, 0.25) is 0 Å². The lowest BCUT2D eigenvalue weighted by atomic mass is 10.0. The predicted molar refractivity (Wildman–Crippen MR) is 103 cm³/mol. The highest BCUT2D eigenvalue weighted by Crippen LogP contribution is 2.46. The summed E-state index contributed by atoms with van der Waals surface area (Å²) >= 11 is 0. The molecule has 0 radical (unpaired) electrons. The van der Waals surface area contributed by atoms with E-state index in [0.717, 1.165) is 0 Å². The Bertz CT molecular complexity index is 1130. The van der Waals surface area contributed by atoms with Crippen molar-refractivity contribution in [3.8, 4) is 28.4 Å².